The van der Waals surface area contributed by atoms with Crippen molar-refractivity contribution in [2.24, 2.45) is 0 Å². The van der Waals surface area contributed by atoms with Gasteiger partial charge in [-0.1, -0.05) is 6.42 Å². The van der Waals surface area contributed by atoms with Gasteiger partial charge in [-0.15, -0.1) is 0 Å². The number of hydrogen-bond acceptors (Lipinski definition) is 3. The van der Waals surface area contributed by atoms with Crippen LogP contribution in [0.2, 0.25) is 0 Å². The molecule has 3 heteroatoms. The third-order valence-corrected chi connectivity index (χ3v) is 2.48. The van der Waals surface area contributed by atoms with Gasteiger partial charge in [-0.05, 0) is 32.9 Å². The van der Waals surface area contributed by atoms with E-state index in [4.69, 9.17) is 0 Å². The Bertz CT molecular complexity index is 153. The van der Waals surface area contributed by atoms with Crippen LogP contribution in [0.5, 0.6) is 0 Å². The van der Waals surface area contributed by atoms with Crippen molar-refractivity contribution in [1.82, 2.24) is 4.90 Å². The second-order valence-electron chi connectivity index (χ2n) is 3.30. The van der Waals surface area contributed by atoms with Crippen LogP contribution in [0.3, 0.4) is 0 Å². The Morgan fingerprint density at radius 1 is 1.33 bits per heavy atom. The van der Waals surface area contributed by atoms with E-state index in [0.717, 1.165) is 13.1 Å². The van der Waals surface area contributed by atoms with Crippen LogP contribution >= 0.6 is 0 Å². The highest BCUT2D eigenvalue weighted by Crippen LogP contribution is 2.12. The molecule has 3 nitrogen and oxygen atoms in total. The molecule has 1 atom stereocenters. The molecule has 0 saturated carbocycles. The van der Waals surface area contributed by atoms with Crippen molar-refractivity contribution in [2.45, 2.75) is 32.2 Å². The summed E-state index contributed by atoms with van der Waals surface area (Å²) >= 11 is 0. The molecular formula is C9H17NO2. The van der Waals surface area contributed by atoms with Crippen LogP contribution in [0.4, 0.5) is 0 Å². The number of esters is 1. The summed E-state index contributed by atoms with van der Waals surface area (Å²) < 4.78 is 4.68. The molecule has 70 valence electrons. The Hall–Kier alpha value is -0.570. The lowest BCUT2D eigenvalue weighted by Gasteiger charge is -2.30. The number of carbonyl (C=O) groups excluding carboxylic acids is 1. The molecule has 1 heterocycles. The molecule has 12 heavy (non-hydrogen) atoms. The van der Waals surface area contributed by atoms with Gasteiger partial charge in [0.1, 0.15) is 6.04 Å². The van der Waals surface area contributed by atoms with E-state index in [1.165, 1.54) is 26.4 Å². The average Bonchev–Trinajstić information content (AvgIpc) is 2.17. The third-order valence-electron chi connectivity index (χ3n) is 2.48. The fourth-order valence-corrected chi connectivity index (χ4v) is 1.63. The van der Waals surface area contributed by atoms with E-state index < -0.39 is 0 Å². The van der Waals surface area contributed by atoms with Crippen molar-refractivity contribution in [3.63, 3.8) is 0 Å². The zero-order valence-corrected chi connectivity index (χ0v) is 7.88. The second-order valence-corrected chi connectivity index (χ2v) is 3.30. The van der Waals surface area contributed by atoms with E-state index in [-0.39, 0.29) is 12.0 Å². The summed E-state index contributed by atoms with van der Waals surface area (Å²) in [5, 5.41) is 0. The maximum atomic E-state index is 11.1. The molecule has 0 radical (unpaired) electrons. The van der Waals surface area contributed by atoms with Gasteiger partial charge in [-0.2, -0.15) is 0 Å². The largest absolute Gasteiger partial charge is 0.468 e. The monoisotopic (exact) mass is 171 g/mol. The van der Waals surface area contributed by atoms with Crippen LogP contribution < -0.4 is 0 Å². The lowest BCUT2D eigenvalue weighted by atomic mass is 10.1. The van der Waals surface area contributed by atoms with Crippen LogP contribution in [-0.2, 0) is 9.53 Å². The molecule has 0 N–H and O–H groups in total. The number of rotatable bonds is 2. The first-order valence-electron chi connectivity index (χ1n) is 4.57. The minimum absolute atomic E-state index is 0.0599. The number of piperidine rings is 1. The summed E-state index contributed by atoms with van der Waals surface area (Å²) in [5.74, 6) is -0.114. The van der Waals surface area contributed by atoms with Crippen LogP contribution in [0.1, 0.15) is 26.2 Å². The van der Waals surface area contributed by atoms with Gasteiger partial charge < -0.3 is 4.74 Å². The Morgan fingerprint density at radius 2 is 1.92 bits per heavy atom. The summed E-state index contributed by atoms with van der Waals surface area (Å²) in [6, 6.07) is -0.0599. The van der Waals surface area contributed by atoms with E-state index in [0.29, 0.717) is 0 Å². The molecule has 0 aromatic rings. The highest BCUT2D eigenvalue weighted by atomic mass is 16.5. The van der Waals surface area contributed by atoms with Gasteiger partial charge in [-0.3, -0.25) is 9.69 Å². The Morgan fingerprint density at radius 3 is 2.42 bits per heavy atom. The maximum Gasteiger partial charge on any atom is 0.322 e. The lowest BCUT2D eigenvalue weighted by Crippen LogP contribution is -2.42. The van der Waals surface area contributed by atoms with E-state index in [2.05, 4.69) is 9.64 Å². The quantitative estimate of drug-likeness (QED) is 0.581. The fraction of sp³-hybridized carbons (Fsp3) is 0.889. The van der Waals surface area contributed by atoms with E-state index in [9.17, 15) is 4.79 Å². The van der Waals surface area contributed by atoms with Gasteiger partial charge in [0.15, 0.2) is 0 Å². The van der Waals surface area contributed by atoms with Gasteiger partial charge in [0.2, 0.25) is 0 Å². The maximum absolute atomic E-state index is 11.1. The summed E-state index contributed by atoms with van der Waals surface area (Å²) in [4.78, 5) is 13.3. The number of methoxy groups -OCH3 is 1. The first-order valence-corrected chi connectivity index (χ1v) is 4.57. The van der Waals surface area contributed by atoms with E-state index >= 15 is 0 Å². The Labute approximate surface area is 73.7 Å². The van der Waals surface area contributed by atoms with Gasteiger partial charge >= 0.3 is 5.97 Å². The first-order chi connectivity index (χ1) is 5.75. The average molecular weight is 171 g/mol. The van der Waals surface area contributed by atoms with E-state index in [1.54, 1.807) is 0 Å². The standard InChI is InChI=1S/C9H17NO2/c1-8(9(11)12-2)10-6-4-3-5-7-10/h8H,3-7H2,1-2H3/t8-/m1/s1. The van der Waals surface area contributed by atoms with Gasteiger partial charge in [0.05, 0.1) is 7.11 Å². The van der Waals surface area contributed by atoms with Crippen LogP contribution in [0, 0.1) is 0 Å². The van der Waals surface area contributed by atoms with Crippen molar-refractivity contribution >= 4 is 5.97 Å². The first kappa shape index (κ1) is 9.52. The number of ether oxygens (including phenoxy) is 1. The molecule has 1 rings (SSSR count). The van der Waals surface area contributed by atoms with Crippen molar-refractivity contribution in [3.05, 3.63) is 0 Å². The third kappa shape index (κ3) is 2.21. The molecular weight excluding hydrogens is 154 g/mol. The predicted octanol–water partition coefficient (Wildman–Crippen LogP) is 1.03. The topological polar surface area (TPSA) is 29.5 Å². The smallest absolute Gasteiger partial charge is 0.322 e. The minimum Gasteiger partial charge on any atom is -0.468 e. The van der Waals surface area contributed by atoms with E-state index in [1.807, 2.05) is 6.92 Å². The molecule has 0 bridgehead atoms. The highest BCUT2D eigenvalue weighted by molar-refractivity contribution is 5.75. The zero-order valence-electron chi connectivity index (χ0n) is 7.88. The Balaban J connectivity index is 2.39. The molecule has 1 saturated heterocycles. The zero-order chi connectivity index (χ0) is 8.97. The minimum atomic E-state index is -0.114. The van der Waals surface area contributed by atoms with Gasteiger partial charge in [0, 0.05) is 0 Å². The molecule has 0 unspecified atom stereocenters. The summed E-state index contributed by atoms with van der Waals surface area (Å²) in [6.07, 6.45) is 3.72. The van der Waals surface area contributed by atoms with Crippen molar-refractivity contribution < 1.29 is 9.53 Å². The number of carbonyl (C=O) groups is 1. The normalized spacial score (nSPS) is 21.8. The van der Waals surface area contributed by atoms with Crippen molar-refractivity contribution in [2.75, 3.05) is 20.2 Å². The van der Waals surface area contributed by atoms with Crippen molar-refractivity contribution in [3.8, 4) is 0 Å². The summed E-state index contributed by atoms with van der Waals surface area (Å²) in [7, 11) is 1.45. The summed E-state index contributed by atoms with van der Waals surface area (Å²) in [6.45, 7) is 3.99. The molecule has 0 aliphatic carbocycles. The predicted molar refractivity (Wildman–Crippen MR) is 46.9 cm³/mol. The summed E-state index contributed by atoms with van der Waals surface area (Å²) in [5.41, 5.74) is 0. The molecule has 1 fully saturated rings. The SMILES string of the molecule is COC(=O)[C@@H](C)N1CCCCC1. The fourth-order valence-electron chi connectivity index (χ4n) is 1.63. The number of likely N-dealkylation sites (tertiary alicyclic amines) is 1. The van der Waals surface area contributed by atoms with Crippen LogP contribution in [0.25, 0.3) is 0 Å². The van der Waals surface area contributed by atoms with Crippen LogP contribution in [0.15, 0.2) is 0 Å². The number of hydrogen-bond donors (Lipinski definition) is 0. The second kappa shape index (κ2) is 4.45. The molecule has 0 spiro atoms. The lowest BCUT2D eigenvalue weighted by molar-refractivity contribution is -0.146. The molecule has 1 aliphatic rings. The number of nitrogens with zero attached hydrogens (tertiary/aromatic N) is 1. The molecule has 0 aromatic heterocycles. The van der Waals surface area contributed by atoms with Gasteiger partial charge in [-0.25, -0.2) is 0 Å². The van der Waals surface area contributed by atoms with Crippen molar-refractivity contribution in [1.29, 1.82) is 0 Å². The Kier molecular flexibility index (Phi) is 3.53. The van der Waals surface area contributed by atoms with Crippen LogP contribution in [-0.4, -0.2) is 37.1 Å². The molecule has 0 amide bonds. The molecule has 0 aromatic carbocycles. The molecule has 1 aliphatic heterocycles. The van der Waals surface area contributed by atoms with Gasteiger partial charge in [0.25, 0.3) is 0 Å². The highest BCUT2D eigenvalue weighted by Gasteiger charge is 2.22.